The van der Waals surface area contributed by atoms with E-state index in [4.69, 9.17) is 43.8 Å². The molecule has 3 aromatic carbocycles. The Morgan fingerprint density at radius 3 is 2.46 bits per heavy atom. The molecule has 11 heteroatoms. The third-order valence-corrected chi connectivity index (χ3v) is 8.28. The molecule has 1 aromatic heterocycles. The van der Waals surface area contributed by atoms with Crippen LogP contribution in [-0.2, 0) is 11.2 Å². The third kappa shape index (κ3) is 7.15. The van der Waals surface area contributed by atoms with Crippen LogP contribution in [0.4, 0.5) is 8.78 Å². The molecule has 0 saturated heterocycles. The maximum absolute atomic E-state index is 15.1. The largest absolute Gasteiger partial charge is 0.495 e. The Morgan fingerprint density at radius 1 is 1.07 bits per heavy atom. The van der Waals surface area contributed by atoms with Crippen molar-refractivity contribution in [1.82, 2.24) is 9.55 Å². The number of nitrogens with two attached hydrogens (primary N) is 1. The zero-order valence-electron chi connectivity index (χ0n) is 22.8. The molecule has 0 aliphatic heterocycles. The fourth-order valence-corrected chi connectivity index (χ4v) is 5.87. The highest BCUT2D eigenvalue weighted by atomic mass is 35.5. The number of thioether (sulfide) groups is 1. The summed E-state index contributed by atoms with van der Waals surface area (Å²) in [5.41, 5.74) is 7.57. The summed E-state index contributed by atoms with van der Waals surface area (Å²) >= 11 is 14.0. The highest BCUT2D eigenvalue weighted by Crippen LogP contribution is 2.40. The molecule has 4 aromatic rings. The van der Waals surface area contributed by atoms with E-state index in [-0.39, 0.29) is 29.0 Å². The van der Waals surface area contributed by atoms with E-state index in [1.807, 2.05) is 30.5 Å². The molecular weight excluding hydrogens is 589 g/mol. The molecule has 0 amide bonds. The topological polar surface area (TPSA) is 86.2 Å². The van der Waals surface area contributed by atoms with Gasteiger partial charge in [0.05, 0.1) is 41.5 Å². The second kappa shape index (κ2) is 13.1. The first-order valence-corrected chi connectivity index (χ1v) is 14.5. The van der Waals surface area contributed by atoms with E-state index in [1.165, 1.54) is 30.0 Å². The maximum Gasteiger partial charge on any atom is 0.173 e. The summed E-state index contributed by atoms with van der Waals surface area (Å²) in [7, 11) is 1.56. The van der Waals surface area contributed by atoms with Crippen LogP contribution in [0, 0.1) is 17.0 Å². The van der Waals surface area contributed by atoms with Crippen LogP contribution in [0.3, 0.4) is 0 Å². The first-order chi connectivity index (χ1) is 19.5. The normalized spacial score (nSPS) is 11.5. The number of nitrogens with one attached hydrogen (secondary N) is 1. The lowest BCUT2D eigenvalue weighted by atomic mass is 9.81. The summed E-state index contributed by atoms with van der Waals surface area (Å²) in [4.78, 5) is 4.68. The van der Waals surface area contributed by atoms with Crippen LogP contribution in [0.1, 0.15) is 43.5 Å². The molecule has 0 bridgehead atoms. The predicted octanol–water partition coefficient (Wildman–Crippen LogP) is 8.18. The van der Waals surface area contributed by atoms with Gasteiger partial charge in [0, 0.05) is 34.9 Å². The lowest BCUT2D eigenvalue weighted by Crippen LogP contribution is -2.23. The summed E-state index contributed by atoms with van der Waals surface area (Å²) in [5.74, 6) is 0.270. The van der Waals surface area contributed by atoms with E-state index in [0.29, 0.717) is 45.8 Å². The van der Waals surface area contributed by atoms with E-state index in [2.05, 4.69) is 4.98 Å². The smallest absolute Gasteiger partial charge is 0.173 e. The molecule has 0 saturated carbocycles. The standard InChI is InChI=1S/C30H30Cl2F2N4O2S/c1-30(2,18-6-11-23(31)26(13-18)39-3)27-16-37-29(38(27)20-9-7-19(33)8-10-20)41-17-22-24(32)14-21(15-25(22)34)40-12-4-5-28(35)36/h6-11,13-16H,4-5,12,17H2,1-3H3,(H3,35,36). The number of amidine groups is 1. The number of imidazole rings is 1. The second-order valence-electron chi connectivity index (χ2n) is 9.84. The minimum absolute atomic E-state index is 0.0728. The van der Waals surface area contributed by atoms with Gasteiger partial charge in [0.1, 0.15) is 23.1 Å². The molecule has 216 valence electrons. The van der Waals surface area contributed by atoms with Crippen molar-refractivity contribution in [3.63, 3.8) is 0 Å². The Labute approximate surface area is 252 Å². The Bertz CT molecular complexity index is 1520. The van der Waals surface area contributed by atoms with Gasteiger partial charge in [-0.3, -0.25) is 9.98 Å². The van der Waals surface area contributed by atoms with Gasteiger partial charge in [0.25, 0.3) is 0 Å². The van der Waals surface area contributed by atoms with Gasteiger partial charge in [0.15, 0.2) is 5.16 Å². The van der Waals surface area contributed by atoms with Crippen molar-refractivity contribution in [3.05, 3.63) is 99.3 Å². The van der Waals surface area contributed by atoms with Crippen LogP contribution in [0.15, 0.2) is 66.0 Å². The van der Waals surface area contributed by atoms with Crippen molar-refractivity contribution in [2.75, 3.05) is 13.7 Å². The van der Waals surface area contributed by atoms with Crippen molar-refractivity contribution in [2.45, 2.75) is 43.0 Å². The summed E-state index contributed by atoms with van der Waals surface area (Å²) in [6.07, 6.45) is 2.71. The van der Waals surface area contributed by atoms with Crippen molar-refractivity contribution < 1.29 is 18.3 Å². The number of methoxy groups -OCH3 is 1. The van der Waals surface area contributed by atoms with Gasteiger partial charge in [-0.15, -0.1) is 0 Å². The molecule has 41 heavy (non-hydrogen) atoms. The second-order valence-corrected chi connectivity index (χ2v) is 11.6. The van der Waals surface area contributed by atoms with Crippen molar-refractivity contribution in [2.24, 2.45) is 5.73 Å². The third-order valence-electron chi connectivity index (χ3n) is 6.65. The van der Waals surface area contributed by atoms with Gasteiger partial charge in [-0.25, -0.2) is 13.8 Å². The van der Waals surface area contributed by atoms with Crippen LogP contribution in [0.25, 0.3) is 5.69 Å². The number of rotatable bonds is 12. The molecule has 0 unspecified atom stereocenters. The Balaban J connectivity index is 1.65. The van der Waals surface area contributed by atoms with Crippen LogP contribution >= 0.6 is 35.0 Å². The van der Waals surface area contributed by atoms with Crippen molar-refractivity contribution >= 4 is 40.8 Å². The van der Waals surface area contributed by atoms with Crippen LogP contribution in [-0.4, -0.2) is 29.1 Å². The summed E-state index contributed by atoms with van der Waals surface area (Å²) in [5, 5.41) is 8.59. The molecule has 0 radical (unpaired) electrons. The molecule has 0 fully saturated rings. The number of hydrogen-bond acceptors (Lipinski definition) is 5. The van der Waals surface area contributed by atoms with E-state index >= 15 is 4.39 Å². The number of hydrogen-bond donors (Lipinski definition) is 2. The first kappa shape index (κ1) is 30.7. The van der Waals surface area contributed by atoms with Crippen LogP contribution < -0.4 is 15.2 Å². The number of halogens is 4. The van der Waals surface area contributed by atoms with Gasteiger partial charge in [-0.2, -0.15) is 0 Å². The molecule has 0 aliphatic rings. The Morgan fingerprint density at radius 2 is 1.80 bits per heavy atom. The number of nitrogens with zero attached hydrogens (tertiary/aromatic N) is 2. The fourth-order valence-electron chi connectivity index (χ4n) is 4.30. The molecular formula is C30H30Cl2F2N4O2S. The minimum atomic E-state index is -0.567. The quantitative estimate of drug-likeness (QED) is 0.0723. The molecule has 3 N–H and O–H groups in total. The Hall–Kier alpha value is -3.27. The van der Waals surface area contributed by atoms with Crippen molar-refractivity contribution in [1.29, 1.82) is 5.41 Å². The monoisotopic (exact) mass is 618 g/mol. The predicted molar refractivity (Wildman–Crippen MR) is 161 cm³/mol. The summed E-state index contributed by atoms with van der Waals surface area (Å²) in [6.45, 7) is 4.39. The van der Waals surface area contributed by atoms with Crippen LogP contribution in [0.5, 0.6) is 11.5 Å². The van der Waals surface area contributed by atoms with E-state index in [0.717, 1.165) is 11.3 Å². The SMILES string of the molecule is COc1cc(C(C)(C)c2cnc(SCc3c(F)cc(OCCCC(=N)N)cc3Cl)n2-c2ccc(F)cc2)ccc1Cl. The zero-order valence-corrected chi connectivity index (χ0v) is 25.1. The molecule has 0 atom stereocenters. The molecule has 0 spiro atoms. The molecule has 4 rings (SSSR count). The first-order valence-electron chi connectivity index (χ1n) is 12.8. The van der Waals surface area contributed by atoms with Gasteiger partial charge in [-0.05, 0) is 54.4 Å². The average molecular weight is 620 g/mol. The van der Waals surface area contributed by atoms with E-state index in [1.54, 1.807) is 37.6 Å². The maximum atomic E-state index is 15.1. The fraction of sp³-hybridized carbons (Fsp3) is 0.267. The van der Waals surface area contributed by atoms with Crippen molar-refractivity contribution in [3.8, 4) is 17.2 Å². The zero-order chi connectivity index (χ0) is 29.7. The molecule has 0 aliphatic carbocycles. The number of benzene rings is 3. The number of aromatic nitrogens is 2. The lowest BCUT2D eigenvalue weighted by molar-refractivity contribution is 0.311. The molecule has 1 heterocycles. The number of ether oxygens (including phenoxy) is 2. The van der Waals surface area contributed by atoms with Crippen LogP contribution in [0.2, 0.25) is 10.0 Å². The summed E-state index contributed by atoms with van der Waals surface area (Å²) in [6, 6.07) is 14.6. The summed E-state index contributed by atoms with van der Waals surface area (Å²) < 4.78 is 41.9. The van der Waals surface area contributed by atoms with E-state index < -0.39 is 11.2 Å². The highest BCUT2D eigenvalue weighted by molar-refractivity contribution is 7.98. The van der Waals surface area contributed by atoms with E-state index in [9.17, 15) is 4.39 Å². The molecule has 6 nitrogen and oxygen atoms in total. The Kier molecular flexibility index (Phi) is 9.84. The minimum Gasteiger partial charge on any atom is -0.495 e. The van der Waals surface area contributed by atoms with Gasteiger partial charge < -0.3 is 15.2 Å². The van der Waals surface area contributed by atoms with Gasteiger partial charge in [0.2, 0.25) is 0 Å². The highest BCUT2D eigenvalue weighted by Gasteiger charge is 2.30. The lowest BCUT2D eigenvalue weighted by Gasteiger charge is -2.28. The van der Waals surface area contributed by atoms with Gasteiger partial charge >= 0.3 is 0 Å². The van der Waals surface area contributed by atoms with Gasteiger partial charge in [-0.1, -0.05) is 54.9 Å². The average Bonchev–Trinajstić information content (AvgIpc) is 3.36.